The lowest BCUT2D eigenvalue weighted by Gasteiger charge is -2.24. The summed E-state index contributed by atoms with van der Waals surface area (Å²) in [4.78, 5) is 8.13. The lowest BCUT2D eigenvalue weighted by Crippen LogP contribution is -2.40. The third kappa shape index (κ3) is 1.69. The summed E-state index contributed by atoms with van der Waals surface area (Å²) >= 11 is 0. The van der Waals surface area contributed by atoms with Gasteiger partial charge in [-0.05, 0) is 25.1 Å². The van der Waals surface area contributed by atoms with Gasteiger partial charge < -0.3 is 19.8 Å². The number of fused-ring (bicyclic) bond motifs is 1. The summed E-state index contributed by atoms with van der Waals surface area (Å²) in [6.07, 6.45) is 0. The molecule has 0 unspecified atom stereocenters. The number of nitrogens with one attached hydrogen (secondary N) is 2. The van der Waals surface area contributed by atoms with Gasteiger partial charge in [0.05, 0.1) is 5.69 Å². The average Bonchev–Trinajstić information content (AvgIpc) is 2.92. The van der Waals surface area contributed by atoms with Crippen molar-refractivity contribution in [2.45, 2.75) is 12.8 Å². The molecule has 0 aliphatic carbocycles. The Morgan fingerprint density at radius 1 is 1.21 bits per heavy atom. The van der Waals surface area contributed by atoms with Crippen LogP contribution in [-0.2, 0) is 0 Å². The van der Waals surface area contributed by atoms with Crippen molar-refractivity contribution in [1.29, 1.82) is 0 Å². The topological polar surface area (TPSA) is 59.2 Å². The van der Waals surface area contributed by atoms with Crippen LogP contribution in [-0.4, -0.2) is 29.9 Å². The molecule has 1 aromatic carbocycles. The number of hydrogen-bond donors (Lipinski definition) is 2. The molecule has 1 fully saturated rings. The number of imidazole rings is 1. The molecule has 0 atom stereocenters. The van der Waals surface area contributed by atoms with E-state index in [1.54, 1.807) is 0 Å². The number of H-pyrrole nitrogens is 1. The van der Waals surface area contributed by atoms with Gasteiger partial charge in [0.25, 0.3) is 0 Å². The minimum atomic E-state index is 0.303. The van der Waals surface area contributed by atoms with E-state index in [2.05, 4.69) is 17.2 Å². The monoisotopic (exact) mass is 257 g/mol. The molecule has 1 aromatic heterocycles. The highest BCUT2D eigenvalue weighted by Crippen LogP contribution is 2.36. The Morgan fingerprint density at radius 2 is 2.05 bits per heavy atom. The van der Waals surface area contributed by atoms with Gasteiger partial charge in [-0.25, -0.2) is 4.98 Å². The molecule has 3 heterocycles. The van der Waals surface area contributed by atoms with Crippen LogP contribution in [0, 0.1) is 6.92 Å². The van der Waals surface area contributed by atoms with Crippen molar-refractivity contribution < 1.29 is 9.47 Å². The van der Waals surface area contributed by atoms with Crippen LogP contribution in [0.5, 0.6) is 11.5 Å². The number of nitrogens with zero attached hydrogens (tertiary/aromatic N) is 1. The van der Waals surface area contributed by atoms with Crippen molar-refractivity contribution in [3.05, 3.63) is 29.7 Å². The lowest BCUT2D eigenvalue weighted by molar-refractivity contribution is 0.174. The second-order valence-electron chi connectivity index (χ2n) is 5.02. The Labute approximate surface area is 111 Å². The van der Waals surface area contributed by atoms with Gasteiger partial charge in [-0.1, -0.05) is 0 Å². The summed E-state index contributed by atoms with van der Waals surface area (Å²) in [6.45, 7) is 4.38. The van der Waals surface area contributed by atoms with E-state index >= 15 is 0 Å². The molecular formula is C14H15N3O2. The maximum absolute atomic E-state index is 5.42. The van der Waals surface area contributed by atoms with E-state index in [1.807, 2.05) is 18.2 Å². The fraction of sp³-hybridized carbons (Fsp3) is 0.357. The van der Waals surface area contributed by atoms with Crippen LogP contribution < -0.4 is 14.8 Å². The van der Waals surface area contributed by atoms with Gasteiger partial charge in [0.15, 0.2) is 11.5 Å². The second kappa shape index (κ2) is 3.99. The standard InChI is InChI=1S/C14H15N3O2/c1-8-13(17-14(16-8)10-5-15-6-10)9-2-3-11-12(4-9)19-7-18-11/h2-4,10,15H,5-7H2,1H3,(H,16,17). The molecule has 0 amide bonds. The van der Waals surface area contributed by atoms with E-state index < -0.39 is 0 Å². The van der Waals surface area contributed by atoms with Gasteiger partial charge in [-0.2, -0.15) is 0 Å². The van der Waals surface area contributed by atoms with Crippen LogP contribution in [0.3, 0.4) is 0 Å². The predicted octanol–water partition coefficient (Wildman–Crippen LogP) is 1.80. The molecule has 0 spiro atoms. The molecule has 2 aliphatic rings. The number of hydrogen-bond acceptors (Lipinski definition) is 4. The van der Waals surface area contributed by atoms with Crippen molar-refractivity contribution in [3.8, 4) is 22.8 Å². The van der Waals surface area contributed by atoms with Gasteiger partial charge in [0.1, 0.15) is 5.82 Å². The van der Waals surface area contributed by atoms with Crippen LogP contribution in [0.1, 0.15) is 17.4 Å². The predicted molar refractivity (Wildman–Crippen MR) is 70.5 cm³/mol. The molecule has 1 saturated heterocycles. The van der Waals surface area contributed by atoms with E-state index in [4.69, 9.17) is 14.5 Å². The summed E-state index contributed by atoms with van der Waals surface area (Å²) in [7, 11) is 0. The maximum Gasteiger partial charge on any atom is 0.231 e. The zero-order chi connectivity index (χ0) is 12.8. The molecule has 0 saturated carbocycles. The summed E-state index contributed by atoms with van der Waals surface area (Å²) in [5, 5.41) is 3.27. The van der Waals surface area contributed by atoms with Crippen LogP contribution in [0.15, 0.2) is 18.2 Å². The first kappa shape index (κ1) is 10.9. The molecule has 4 rings (SSSR count). The SMILES string of the molecule is Cc1[nH]c(C2CNC2)nc1-c1ccc2c(c1)OCO2. The number of aromatic amines is 1. The zero-order valence-electron chi connectivity index (χ0n) is 10.7. The van der Waals surface area contributed by atoms with Crippen LogP contribution in [0.4, 0.5) is 0 Å². The number of aryl methyl sites for hydroxylation is 1. The fourth-order valence-electron chi connectivity index (χ4n) is 2.48. The van der Waals surface area contributed by atoms with E-state index in [-0.39, 0.29) is 0 Å². The second-order valence-corrected chi connectivity index (χ2v) is 5.02. The Hall–Kier alpha value is -2.01. The molecule has 19 heavy (non-hydrogen) atoms. The average molecular weight is 257 g/mol. The number of ether oxygens (including phenoxy) is 2. The number of rotatable bonds is 2. The Kier molecular flexibility index (Phi) is 2.29. The zero-order valence-corrected chi connectivity index (χ0v) is 10.7. The first-order valence-electron chi connectivity index (χ1n) is 6.48. The molecule has 5 heteroatoms. The Bertz CT molecular complexity index is 632. The highest BCUT2D eigenvalue weighted by Gasteiger charge is 2.24. The summed E-state index contributed by atoms with van der Waals surface area (Å²) < 4.78 is 10.7. The molecule has 0 radical (unpaired) electrons. The van der Waals surface area contributed by atoms with Gasteiger partial charge in [0, 0.05) is 30.3 Å². The van der Waals surface area contributed by atoms with Crippen molar-refractivity contribution >= 4 is 0 Å². The largest absolute Gasteiger partial charge is 0.454 e. The van der Waals surface area contributed by atoms with E-state index in [1.165, 1.54) is 0 Å². The lowest BCUT2D eigenvalue weighted by atomic mass is 10.0. The van der Waals surface area contributed by atoms with Crippen molar-refractivity contribution in [1.82, 2.24) is 15.3 Å². The Morgan fingerprint density at radius 3 is 2.84 bits per heavy atom. The smallest absolute Gasteiger partial charge is 0.231 e. The highest BCUT2D eigenvalue weighted by atomic mass is 16.7. The maximum atomic E-state index is 5.42. The van der Waals surface area contributed by atoms with E-state index in [0.29, 0.717) is 12.7 Å². The van der Waals surface area contributed by atoms with Crippen molar-refractivity contribution in [3.63, 3.8) is 0 Å². The summed E-state index contributed by atoms with van der Waals surface area (Å²) in [6, 6.07) is 5.96. The number of aromatic nitrogens is 2. The van der Waals surface area contributed by atoms with Crippen LogP contribution in [0.2, 0.25) is 0 Å². The van der Waals surface area contributed by atoms with E-state index in [9.17, 15) is 0 Å². The molecule has 2 aromatic rings. The minimum absolute atomic E-state index is 0.303. The highest BCUT2D eigenvalue weighted by molar-refractivity contribution is 5.66. The molecule has 0 bridgehead atoms. The van der Waals surface area contributed by atoms with Gasteiger partial charge in [0.2, 0.25) is 6.79 Å². The van der Waals surface area contributed by atoms with Gasteiger partial charge in [-0.15, -0.1) is 0 Å². The van der Waals surface area contributed by atoms with Crippen molar-refractivity contribution in [2.24, 2.45) is 0 Å². The third-order valence-electron chi connectivity index (χ3n) is 3.72. The molecule has 2 N–H and O–H groups in total. The normalized spacial score (nSPS) is 17.5. The first-order chi connectivity index (χ1) is 9.31. The van der Waals surface area contributed by atoms with Crippen LogP contribution in [0.25, 0.3) is 11.3 Å². The van der Waals surface area contributed by atoms with Crippen LogP contribution >= 0.6 is 0 Å². The van der Waals surface area contributed by atoms with E-state index in [0.717, 1.165) is 47.4 Å². The Balaban J connectivity index is 1.73. The minimum Gasteiger partial charge on any atom is -0.454 e. The molecule has 2 aliphatic heterocycles. The van der Waals surface area contributed by atoms with Gasteiger partial charge >= 0.3 is 0 Å². The number of benzene rings is 1. The molecule has 5 nitrogen and oxygen atoms in total. The summed E-state index contributed by atoms with van der Waals surface area (Å²) in [5.74, 6) is 3.19. The van der Waals surface area contributed by atoms with Gasteiger partial charge in [-0.3, -0.25) is 0 Å². The quantitative estimate of drug-likeness (QED) is 0.861. The molecular weight excluding hydrogens is 242 g/mol. The molecule has 98 valence electrons. The third-order valence-corrected chi connectivity index (χ3v) is 3.72. The summed E-state index contributed by atoms with van der Waals surface area (Å²) in [5.41, 5.74) is 3.16. The fourth-order valence-corrected chi connectivity index (χ4v) is 2.48. The first-order valence-corrected chi connectivity index (χ1v) is 6.48. The van der Waals surface area contributed by atoms with Crippen molar-refractivity contribution in [2.75, 3.05) is 19.9 Å².